The number of hydrogen-bond donors (Lipinski definition) is 0. The highest BCUT2D eigenvalue weighted by atomic mass is 16.5. The van der Waals surface area contributed by atoms with Crippen molar-refractivity contribution in [2.75, 3.05) is 24.6 Å². The van der Waals surface area contributed by atoms with Gasteiger partial charge in [-0.15, -0.1) is 0 Å². The van der Waals surface area contributed by atoms with Gasteiger partial charge in [0.15, 0.2) is 6.23 Å². The normalized spacial score (nSPS) is 25.8. The average molecular weight is 494 g/mol. The number of fused-ring (bicyclic) bond motifs is 1. The zero-order chi connectivity index (χ0) is 25.0. The lowest BCUT2D eigenvalue weighted by molar-refractivity contribution is -0.0365. The summed E-state index contributed by atoms with van der Waals surface area (Å²) in [7, 11) is 1.70. The molecule has 1 saturated carbocycles. The Balaban J connectivity index is 1.48. The largest absolute Gasteiger partial charge is 0.488 e. The summed E-state index contributed by atoms with van der Waals surface area (Å²) in [5.41, 5.74) is 2.80. The van der Waals surface area contributed by atoms with E-state index in [4.69, 9.17) is 19.3 Å². The van der Waals surface area contributed by atoms with E-state index >= 15 is 0 Å². The maximum atomic E-state index is 13.2. The Labute approximate surface area is 210 Å². The summed E-state index contributed by atoms with van der Waals surface area (Å²) in [6, 6.07) is 8.04. The van der Waals surface area contributed by atoms with Gasteiger partial charge in [0, 0.05) is 32.1 Å². The molecule has 4 heterocycles. The number of ether oxygens (including phenoxy) is 3. The SMILES string of the molecule is C[C@@H]1CN(c2cc(-c3nn(C4CCCCO4)c4ccc(OC5(C)CC5)cc34)nn(C)c2=O)C[C@H](C)O1. The number of nitrogens with zero attached hydrogens (tertiary/aromatic N) is 5. The molecular weight excluding hydrogens is 458 g/mol. The molecule has 3 aliphatic rings. The molecule has 6 rings (SSSR count). The summed E-state index contributed by atoms with van der Waals surface area (Å²) >= 11 is 0. The lowest BCUT2D eigenvalue weighted by Crippen LogP contribution is -2.47. The second-order valence-electron chi connectivity index (χ2n) is 10.9. The zero-order valence-electron chi connectivity index (χ0n) is 21.6. The van der Waals surface area contributed by atoms with Crippen molar-refractivity contribution in [2.24, 2.45) is 7.05 Å². The highest BCUT2D eigenvalue weighted by Crippen LogP contribution is 2.41. The van der Waals surface area contributed by atoms with Gasteiger partial charge < -0.3 is 19.1 Å². The summed E-state index contributed by atoms with van der Waals surface area (Å²) < 4.78 is 21.7. The third kappa shape index (κ3) is 4.39. The molecule has 3 atom stereocenters. The van der Waals surface area contributed by atoms with Gasteiger partial charge in [0.2, 0.25) is 0 Å². The lowest BCUT2D eigenvalue weighted by atomic mass is 10.1. The topological polar surface area (TPSA) is 83.6 Å². The summed E-state index contributed by atoms with van der Waals surface area (Å²) in [5, 5.41) is 10.6. The third-order valence-corrected chi connectivity index (χ3v) is 7.47. The summed E-state index contributed by atoms with van der Waals surface area (Å²) in [6.45, 7) is 8.27. The Morgan fingerprint density at radius 2 is 1.86 bits per heavy atom. The Hall–Kier alpha value is -2.91. The monoisotopic (exact) mass is 493 g/mol. The minimum absolute atomic E-state index is 0.0436. The predicted octanol–water partition coefficient (Wildman–Crippen LogP) is 4.04. The Morgan fingerprint density at radius 1 is 1.08 bits per heavy atom. The van der Waals surface area contributed by atoms with Gasteiger partial charge in [-0.2, -0.15) is 10.2 Å². The van der Waals surface area contributed by atoms with Crippen LogP contribution < -0.4 is 15.2 Å². The van der Waals surface area contributed by atoms with Crippen molar-refractivity contribution in [1.29, 1.82) is 0 Å². The molecule has 1 aliphatic carbocycles. The quantitative estimate of drug-likeness (QED) is 0.530. The third-order valence-electron chi connectivity index (χ3n) is 7.47. The molecule has 0 N–H and O–H groups in total. The smallest absolute Gasteiger partial charge is 0.290 e. The molecule has 0 bridgehead atoms. The molecule has 192 valence electrons. The molecule has 0 spiro atoms. The molecule has 2 aliphatic heterocycles. The average Bonchev–Trinajstić information content (AvgIpc) is 3.45. The standard InChI is InChI=1S/C27H35N5O4/c1-17-15-31(16-18(2)35-17)23-14-21(28-30(4)26(23)33)25-20-13-19(36-27(3)10-11-27)8-9-22(20)32(29-25)24-7-5-6-12-34-24/h8-9,13-14,17-18,24H,5-7,10-12,15-16H2,1-4H3/t17-,18+,24?. The van der Waals surface area contributed by atoms with Crippen LogP contribution in [0.15, 0.2) is 29.1 Å². The molecule has 2 saturated heterocycles. The Kier molecular flexibility index (Phi) is 5.80. The molecule has 9 heteroatoms. The molecule has 9 nitrogen and oxygen atoms in total. The number of rotatable bonds is 5. The first-order valence-electron chi connectivity index (χ1n) is 13.1. The van der Waals surface area contributed by atoms with E-state index in [0.29, 0.717) is 24.5 Å². The van der Waals surface area contributed by atoms with Crippen molar-refractivity contribution in [1.82, 2.24) is 19.6 Å². The number of morpholine rings is 1. The van der Waals surface area contributed by atoms with Crippen LogP contribution >= 0.6 is 0 Å². The molecule has 0 amide bonds. The van der Waals surface area contributed by atoms with Crippen LogP contribution in [0.5, 0.6) is 5.75 Å². The first kappa shape index (κ1) is 23.5. The second-order valence-corrected chi connectivity index (χ2v) is 10.9. The highest BCUT2D eigenvalue weighted by molar-refractivity contribution is 5.93. The van der Waals surface area contributed by atoms with Crippen LogP contribution in [-0.2, 0) is 16.5 Å². The van der Waals surface area contributed by atoms with Crippen LogP contribution in [0.3, 0.4) is 0 Å². The van der Waals surface area contributed by atoms with Crippen LogP contribution in [0.25, 0.3) is 22.3 Å². The van der Waals surface area contributed by atoms with Crippen LogP contribution in [0.4, 0.5) is 5.69 Å². The van der Waals surface area contributed by atoms with Gasteiger partial charge in [-0.25, -0.2) is 9.36 Å². The molecule has 0 radical (unpaired) electrons. The van der Waals surface area contributed by atoms with E-state index in [9.17, 15) is 4.79 Å². The molecular formula is C27H35N5O4. The maximum Gasteiger partial charge on any atom is 0.290 e. The molecule has 36 heavy (non-hydrogen) atoms. The Bertz CT molecular complexity index is 1330. The fraction of sp³-hybridized carbons (Fsp3) is 0.593. The van der Waals surface area contributed by atoms with E-state index in [1.54, 1.807) is 7.05 Å². The zero-order valence-corrected chi connectivity index (χ0v) is 21.6. The van der Waals surface area contributed by atoms with E-state index in [1.165, 1.54) is 4.68 Å². The predicted molar refractivity (Wildman–Crippen MR) is 138 cm³/mol. The molecule has 1 unspecified atom stereocenters. The van der Waals surface area contributed by atoms with Crippen LogP contribution in [0.1, 0.15) is 59.1 Å². The fourth-order valence-electron chi connectivity index (χ4n) is 5.38. The molecule has 3 fully saturated rings. The van der Waals surface area contributed by atoms with Gasteiger partial charge >= 0.3 is 0 Å². The first-order chi connectivity index (χ1) is 17.3. The number of aromatic nitrogens is 4. The van der Waals surface area contributed by atoms with Gasteiger partial charge in [0.05, 0.1) is 17.7 Å². The number of hydrogen-bond acceptors (Lipinski definition) is 7. The van der Waals surface area contributed by atoms with E-state index in [1.807, 2.05) is 30.7 Å². The summed E-state index contributed by atoms with van der Waals surface area (Å²) in [6.07, 6.45) is 5.20. The van der Waals surface area contributed by atoms with Crippen molar-refractivity contribution < 1.29 is 14.2 Å². The Morgan fingerprint density at radius 3 is 2.56 bits per heavy atom. The van der Waals surface area contributed by atoms with Crippen molar-refractivity contribution in [3.8, 4) is 17.1 Å². The number of benzene rings is 1. The van der Waals surface area contributed by atoms with Gasteiger partial charge in [-0.05, 0) is 77.1 Å². The van der Waals surface area contributed by atoms with Crippen LogP contribution in [-0.4, -0.2) is 57.1 Å². The summed E-state index contributed by atoms with van der Waals surface area (Å²) in [5.74, 6) is 0.828. The van der Waals surface area contributed by atoms with Gasteiger partial charge in [-0.3, -0.25) is 4.79 Å². The van der Waals surface area contributed by atoms with Crippen LogP contribution in [0.2, 0.25) is 0 Å². The number of aryl methyl sites for hydroxylation is 1. The lowest BCUT2D eigenvalue weighted by Gasteiger charge is -2.36. The van der Waals surface area contributed by atoms with E-state index in [2.05, 4.69) is 29.1 Å². The van der Waals surface area contributed by atoms with Crippen molar-refractivity contribution in [3.63, 3.8) is 0 Å². The summed E-state index contributed by atoms with van der Waals surface area (Å²) in [4.78, 5) is 15.3. The van der Waals surface area contributed by atoms with Crippen molar-refractivity contribution in [2.45, 2.75) is 76.9 Å². The second kappa shape index (κ2) is 8.88. The molecule has 1 aromatic carbocycles. The molecule has 3 aromatic rings. The van der Waals surface area contributed by atoms with Crippen molar-refractivity contribution in [3.05, 3.63) is 34.6 Å². The first-order valence-corrected chi connectivity index (χ1v) is 13.1. The van der Waals surface area contributed by atoms with E-state index in [0.717, 1.165) is 61.1 Å². The van der Waals surface area contributed by atoms with E-state index < -0.39 is 0 Å². The number of anilines is 1. The van der Waals surface area contributed by atoms with Crippen molar-refractivity contribution >= 4 is 16.6 Å². The van der Waals surface area contributed by atoms with Gasteiger partial charge in [-0.1, -0.05) is 0 Å². The minimum Gasteiger partial charge on any atom is -0.488 e. The van der Waals surface area contributed by atoms with Gasteiger partial charge in [0.25, 0.3) is 5.56 Å². The van der Waals surface area contributed by atoms with Crippen LogP contribution in [0, 0.1) is 0 Å². The van der Waals surface area contributed by atoms with Gasteiger partial charge in [0.1, 0.15) is 28.4 Å². The minimum atomic E-state index is -0.120. The van der Waals surface area contributed by atoms with E-state index in [-0.39, 0.29) is 29.6 Å². The maximum absolute atomic E-state index is 13.2. The molecule has 2 aromatic heterocycles. The fourth-order valence-corrected chi connectivity index (χ4v) is 5.38. The highest BCUT2D eigenvalue weighted by Gasteiger charge is 2.40.